The molecule has 36 valence electrons. The molecular formula is C2Br3Cl. The number of hydrogen-bond acceptors (Lipinski definition) is 0. The SMILES string of the molecule is ClC(Br)=C(Br)Br. The lowest BCUT2D eigenvalue weighted by molar-refractivity contribution is 2.43. The molecule has 0 aromatic rings. The smallest absolute Gasteiger partial charge is 0.0743 e. The Balaban J connectivity index is 3.68. The third-order valence-corrected chi connectivity index (χ3v) is 3.04. The second kappa shape index (κ2) is 3.47. The minimum Gasteiger partial charge on any atom is -0.0743 e. The monoisotopic (exact) mass is 296 g/mol. The highest BCUT2D eigenvalue weighted by atomic mass is 79.9. The molecule has 0 N–H and O–H groups in total. The fraction of sp³-hybridized carbons (Fsp3) is 0. The maximum Gasteiger partial charge on any atom is 0.105 e. The van der Waals surface area contributed by atoms with E-state index in [4.69, 9.17) is 11.6 Å². The molecule has 0 aliphatic carbocycles. The van der Waals surface area contributed by atoms with Gasteiger partial charge in [0.1, 0.15) is 3.94 Å². The average Bonchev–Trinajstić information content (AvgIpc) is 1.36. The van der Waals surface area contributed by atoms with Crippen LogP contribution in [0.5, 0.6) is 0 Å². The van der Waals surface area contributed by atoms with Gasteiger partial charge >= 0.3 is 0 Å². The van der Waals surface area contributed by atoms with Gasteiger partial charge in [-0.3, -0.25) is 0 Å². The predicted octanol–water partition coefficient (Wildman–Crippen LogP) is 3.54. The number of rotatable bonds is 0. The summed E-state index contributed by atoms with van der Waals surface area (Å²) in [5.74, 6) is 0. The van der Waals surface area contributed by atoms with Crippen LogP contribution in [0.1, 0.15) is 0 Å². The molecule has 0 bridgehead atoms. The van der Waals surface area contributed by atoms with Gasteiger partial charge in [-0.05, 0) is 47.8 Å². The minimum atomic E-state index is 0.544. The summed E-state index contributed by atoms with van der Waals surface area (Å²) in [6.45, 7) is 0. The zero-order chi connectivity index (χ0) is 5.15. The van der Waals surface area contributed by atoms with E-state index in [-0.39, 0.29) is 0 Å². The van der Waals surface area contributed by atoms with Gasteiger partial charge in [0.2, 0.25) is 0 Å². The Bertz CT molecular complexity index is 58.9. The highest BCUT2D eigenvalue weighted by Gasteiger charge is 1.86. The first-order chi connectivity index (χ1) is 2.64. The number of hydrogen-bond donors (Lipinski definition) is 0. The Labute approximate surface area is 66.3 Å². The predicted molar refractivity (Wildman–Crippen MR) is 39.7 cm³/mol. The van der Waals surface area contributed by atoms with Gasteiger partial charge < -0.3 is 0 Å². The Morgan fingerprint density at radius 2 is 1.33 bits per heavy atom. The summed E-state index contributed by atoms with van der Waals surface area (Å²) >= 11 is 14.4. The van der Waals surface area contributed by atoms with Gasteiger partial charge in [-0.25, -0.2) is 0 Å². The van der Waals surface area contributed by atoms with E-state index >= 15 is 0 Å². The minimum absolute atomic E-state index is 0.544. The van der Waals surface area contributed by atoms with Crippen molar-refractivity contribution in [1.82, 2.24) is 0 Å². The summed E-state index contributed by atoms with van der Waals surface area (Å²) in [4.78, 5) is 0. The van der Waals surface area contributed by atoms with E-state index in [0.717, 1.165) is 3.39 Å². The fourth-order valence-corrected chi connectivity index (χ4v) is 0. The molecular weight excluding hydrogens is 299 g/mol. The first-order valence-electron chi connectivity index (χ1n) is 1.01. The summed E-state index contributed by atoms with van der Waals surface area (Å²) in [7, 11) is 0. The molecule has 4 heteroatoms. The lowest BCUT2D eigenvalue weighted by Crippen LogP contribution is -1.44. The van der Waals surface area contributed by atoms with Crippen molar-refractivity contribution in [2.75, 3.05) is 0 Å². The van der Waals surface area contributed by atoms with E-state index in [1.807, 2.05) is 0 Å². The van der Waals surface area contributed by atoms with Crippen LogP contribution in [-0.2, 0) is 0 Å². The molecule has 0 rings (SSSR count). The van der Waals surface area contributed by atoms with Crippen LogP contribution >= 0.6 is 59.4 Å². The molecule has 0 aromatic heterocycles. The van der Waals surface area contributed by atoms with Crippen molar-refractivity contribution in [3.8, 4) is 0 Å². The van der Waals surface area contributed by atoms with Crippen molar-refractivity contribution >= 4 is 59.4 Å². The van der Waals surface area contributed by atoms with Crippen LogP contribution in [0.2, 0.25) is 0 Å². The summed E-state index contributed by atoms with van der Waals surface area (Å²) in [6, 6.07) is 0. The Kier molecular flexibility index (Phi) is 4.32. The van der Waals surface area contributed by atoms with Crippen molar-refractivity contribution in [1.29, 1.82) is 0 Å². The highest BCUT2D eigenvalue weighted by Crippen LogP contribution is 2.25. The summed E-state index contributed by atoms with van der Waals surface area (Å²) < 4.78 is 1.28. The topological polar surface area (TPSA) is 0 Å². The molecule has 0 saturated heterocycles. The Morgan fingerprint density at radius 1 is 1.17 bits per heavy atom. The van der Waals surface area contributed by atoms with Crippen LogP contribution in [0.25, 0.3) is 0 Å². The van der Waals surface area contributed by atoms with E-state index in [0.29, 0.717) is 3.94 Å². The van der Waals surface area contributed by atoms with Gasteiger partial charge in [-0.2, -0.15) is 0 Å². The van der Waals surface area contributed by atoms with Gasteiger partial charge in [-0.15, -0.1) is 0 Å². The molecule has 0 unspecified atom stereocenters. The van der Waals surface area contributed by atoms with Crippen molar-refractivity contribution < 1.29 is 0 Å². The Morgan fingerprint density at radius 3 is 1.33 bits per heavy atom. The van der Waals surface area contributed by atoms with Gasteiger partial charge in [0, 0.05) is 0 Å². The van der Waals surface area contributed by atoms with E-state index in [2.05, 4.69) is 47.8 Å². The molecule has 0 saturated carbocycles. The molecule has 0 aromatic carbocycles. The quantitative estimate of drug-likeness (QED) is 0.642. The third kappa shape index (κ3) is 3.65. The van der Waals surface area contributed by atoms with Crippen molar-refractivity contribution in [2.24, 2.45) is 0 Å². The van der Waals surface area contributed by atoms with Gasteiger partial charge in [0.15, 0.2) is 0 Å². The first kappa shape index (κ1) is 7.47. The van der Waals surface area contributed by atoms with Crippen LogP contribution in [0, 0.1) is 0 Å². The normalized spacial score (nSPS) is 8.00. The van der Waals surface area contributed by atoms with E-state index in [1.165, 1.54) is 0 Å². The van der Waals surface area contributed by atoms with E-state index < -0.39 is 0 Å². The first-order valence-corrected chi connectivity index (χ1v) is 3.76. The molecule has 6 heavy (non-hydrogen) atoms. The summed E-state index contributed by atoms with van der Waals surface area (Å²) in [5, 5.41) is 0. The third-order valence-electron chi connectivity index (χ3n) is 0.143. The van der Waals surface area contributed by atoms with Gasteiger partial charge in [0.05, 0.1) is 3.39 Å². The molecule has 0 spiro atoms. The van der Waals surface area contributed by atoms with Crippen LogP contribution in [0.15, 0.2) is 7.33 Å². The molecule has 0 nitrogen and oxygen atoms in total. The zero-order valence-corrected chi connectivity index (χ0v) is 8.03. The van der Waals surface area contributed by atoms with Crippen LogP contribution < -0.4 is 0 Å². The molecule has 0 fully saturated rings. The largest absolute Gasteiger partial charge is 0.105 e. The van der Waals surface area contributed by atoms with E-state index in [1.54, 1.807) is 0 Å². The molecule has 0 heterocycles. The van der Waals surface area contributed by atoms with Gasteiger partial charge in [-0.1, -0.05) is 11.6 Å². The maximum absolute atomic E-state index is 5.32. The summed E-state index contributed by atoms with van der Waals surface area (Å²) in [6.07, 6.45) is 0. The Hall–Kier alpha value is 1.47. The molecule has 0 atom stereocenters. The van der Waals surface area contributed by atoms with Crippen molar-refractivity contribution in [3.63, 3.8) is 0 Å². The molecule has 0 radical (unpaired) electrons. The zero-order valence-electron chi connectivity index (χ0n) is 2.51. The van der Waals surface area contributed by atoms with Crippen LogP contribution in [0.3, 0.4) is 0 Å². The lowest BCUT2D eigenvalue weighted by Gasteiger charge is -1.77. The molecule has 0 amide bonds. The van der Waals surface area contributed by atoms with Crippen molar-refractivity contribution in [2.45, 2.75) is 0 Å². The number of halogens is 4. The second-order valence-corrected chi connectivity index (χ2v) is 4.80. The standard InChI is InChI=1S/C2Br3Cl/c3-1(4)2(5)6. The van der Waals surface area contributed by atoms with Crippen LogP contribution in [-0.4, -0.2) is 0 Å². The second-order valence-electron chi connectivity index (χ2n) is 0.521. The average molecular weight is 299 g/mol. The van der Waals surface area contributed by atoms with Crippen LogP contribution in [0.4, 0.5) is 0 Å². The molecule has 0 aliphatic heterocycles. The van der Waals surface area contributed by atoms with E-state index in [9.17, 15) is 0 Å². The fourth-order valence-electron chi connectivity index (χ4n) is 0. The van der Waals surface area contributed by atoms with Gasteiger partial charge in [0.25, 0.3) is 0 Å². The van der Waals surface area contributed by atoms with Crippen molar-refractivity contribution in [3.05, 3.63) is 7.33 Å². The molecule has 0 aliphatic rings. The summed E-state index contributed by atoms with van der Waals surface area (Å²) in [5.41, 5.74) is 0. The highest BCUT2D eigenvalue weighted by molar-refractivity contribution is 9.29. The maximum atomic E-state index is 5.32. The lowest BCUT2D eigenvalue weighted by atomic mass is 11.3.